The van der Waals surface area contributed by atoms with E-state index >= 15 is 0 Å². The standard InChI is InChI=1S/C70H62O34P2S10/c71-65-43-23-45-29-59(41-19-17-39(63(33-41)113(93,94)95)7-5-21-105(49-9-1-13-53(35-49)107(75,76)77)50-10-2-14-54(36-50)108(78,79)80)69(115(99,100)101)61(67(45)73)31-47-27-58(112(90,91)92)26-44(66(47)72)24-46-30-60(70(116(102,103)104)62(68(46)74)32-48(65)28-57(25-43)111(87,88)89)42-20-18-40(64(34-42)114(96,97)98)8-6-22-106(51-11-3-15-55(37-51)109(81,82)83)52-12-4-16-56(38-52)110(84,85)86/h1-4,9-20,25-30,33-38,71-74H,5-8,21-24,31-32H2,(H,75,76,77)(H,78,79,80)(H,81,82,83)(H,84,85,86)(H,87,88,89)(H,90,91,92)(H,93,94,95)(H,96,97,98)(H,99,100,101)(H,102,103,104). The molecule has 11 rings (SSSR count). The van der Waals surface area contributed by atoms with Gasteiger partial charge in [0.05, 0.1) is 39.2 Å². The number of benzene rings is 10. The van der Waals surface area contributed by atoms with Crippen molar-refractivity contribution in [3.8, 4) is 45.3 Å². The molecule has 0 amide bonds. The monoisotopic (exact) mass is 1830 g/mol. The summed E-state index contributed by atoms with van der Waals surface area (Å²) in [5, 5.41) is 50.7. The van der Waals surface area contributed by atoms with Crippen molar-refractivity contribution in [1.82, 2.24) is 0 Å². The Morgan fingerprint density at radius 2 is 0.517 bits per heavy atom. The number of fused-ring (bicyclic) bond motifs is 8. The Morgan fingerprint density at radius 1 is 0.259 bits per heavy atom. The molecular formula is C70H62O34P2S10. The van der Waals surface area contributed by atoms with Crippen LogP contribution in [0.2, 0.25) is 0 Å². The first-order valence-electron chi connectivity index (χ1n) is 32.9. The molecule has 1 aliphatic carbocycles. The minimum absolute atomic E-state index is 0.0829. The molecule has 0 aliphatic heterocycles. The van der Waals surface area contributed by atoms with E-state index in [2.05, 4.69) is 0 Å². The van der Waals surface area contributed by atoms with Gasteiger partial charge in [0.2, 0.25) is 0 Å². The topological polar surface area (TPSA) is 625 Å². The van der Waals surface area contributed by atoms with Crippen molar-refractivity contribution in [2.75, 3.05) is 12.3 Å². The Balaban J connectivity index is 1.07. The number of hydrogen-bond acceptors (Lipinski definition) is 24. The van der Waals surface area contributed by atoms with Crippen LogP contribution in [0.5, 0.6) is 23.0 Å². The molecular weight excluding hydrogens is 1770 g/mol. The zero-order chi connectivity index (χ0) is 85.5. The summed E-state index contributed by atoms with van der Waals surface area (Å²) in [6.45, 7) is 0. The molecule has 616 valence electrons. The zero-order valence-corrected chi connectivity index (χ0v) is 68.6. The first-order valence-corrected chi connectivity index (χ1v) is 50.3. The van der Waals surface area contributed by atoms with Gasteiger partial charge in [0.15, 0.2) is 0 Å². The van der Waals surface area contributed by atoms with E-state index in [0.717, 1.165) is 72.8 Å². The van der Waals surface area contributed by atoms with Crippen LogP contribution in [0.4, 0.5) is 0 Å². The maximum atomic E-state index is 14.2. The van der Waals surface area contributed by atoms with Crippen LogP contribution in [0.1, 0.15) is 68.5 Å². The first-order chi connectivity index (χ1) is 53.5. The van der Waals surface area contributed by atoms with E-state index in [0.29, 0.717) is 48.5 Å². The van der Waals surface area contributed by atoms with Gasteiger partial charge < -0.3 is 20.4 Å². The number of aromatic hydroxyl groups is 4. The molecule has 0 saturated carbocycles. The lowest BCUT2D eigenvalue weighted by molar-refractivity contribution is 0.443. The van der Waals surface area contributed by atoms with Gasteiger partial charge in [-0.15, -0.1) is 0 Å². The second kappa shape index (κ2) is 32.2. The number of hydrogen-bond donors (Lipinski definition) is 14. The Kier molecular flexibility index (Phi) is 24.5. The predicted octanol–water partition coefficient (Wildman–Crippen LogP) is 7.12. The lowest BCUT2D eigenvalue weighted by atomic mass is 9.88. The molecule has 14 N–H and O–H groups in total. The lowest BCUT2D eigenvalue weighted by Crippen LogP contribution is -2.17. The molecule has 0 saturated heterocycles. The second-order valence-electron chi connectivity index (χ2n) is 26.3. The van der Waals surface area contributed by atoms with Gasteiger partial charge in [0.1, 0.15) is 32.8 Å². The molecule has 0 radical (unpaired) electrons. The summed E-state index contributed by atoms with van der Waals surface area (Å²) in [4.78, 5) is -9.43. The van der Waals surface area contributed by atoms with Gasteiger partial charge in [-0.25, -0.2) is 0 Å². The van der Waals surface area contributed by atoms with Crippen molar-refractivity contribution < 1.29 is 150 Å². The highest BCUT2D eigenvalue weighted by molar-refractivity contribution is 7.88. The fourth-order valence-electron chi connectivity index (χ4n) is 13.5. The third kappa shape index (κ3) is 19.7. The molecule has 0 spiro atoms. The molecule has 116 heavy (non-hydrogen) atoms. The van der Waals surface area contributed by atoms with E-state index < -0.39 is 281 Å². The molecule has 10 aromatic carbocycles. The Bertz CT molecular complexity index is 6460. The summed E-state index contributed by atoms with van der Waals surface area (Å²) in [5.41, 5.74) is -10.1. The van der Waals surface area contributed by atoms with Crippen LogP contribution < -0.4 is 21.2 Å². The molecule has 0 fully saturated rings. The van der Waals surface area contributed by atoms with Crippen molar-refractivity contribution in [3.05, 3.63) is 225 Å². The van der Waals surface area contributed by atoms with E-state index in [4.69, 9.17) is 0 Å². The smallest absolute Gasteiger partial charge is 0.295 e. The van der Waals surface area contributed by atoms with Crippen molar-refractivity contribution in [3.63, 3.8) is 0 Å². The summed E-state index contributed by atoms with van der Waals surface area (Å²) in [7, 11) is -57.2. The fourth-order valence-corrected chi connectivity index (χ4v) is 25.4. The van der Waals surface area contributed by atoms with Gasteiger partial charge in [-0.1, -0.05) is 72.8 Å². The maximum Gasteiger partial charge on any atom is 0.295 e. The molecule has 34 nitrogen and oxygen atoms in total. The normalized spacial score (nSPS) is 13.6. The van der Waals surface area contributed by atoms with Crippen LogP contribution in [-0.4, -0.2) is 162 Å². The Labute approximate surface area is 666 Å². The van der Waals surface area contributed by atoms with Gasteiger partial charge in [-0.2, -0.15) is 84.2 Å². The Morgan fingerprint density at radius 3 is 0.767 bits per heavy atom. The molecule has 10 aromatic rings. The van der Waals surface area contributed by atoms with Crippen LogP contribution in [0.3, 0.4) is 0 Å². The van der Waals surface area contributed by atoms with Crippen LogP contribution in [0.25, 0.3) is 22.3 Å². The average Bonchev–Trinajstić information content (AvgIpc) is 0.746. The van der Waals surface area contributed by atoms with Gasteiger partial charge >= 0.3 is 0 Å². The highest BCUT2D eigenvalue weighted by Gasteiger charge is 2.35. The zero-order valence-electron chi connectivity index (χ0n) is 58.6. The van der Waals surface area contributed by atoms with Gasteiger partial charge in [0, 0.05) is 70.2 Å². The highest BCUT2D eigenvalue weighted by atomic mass is 32.3. The maximum absolute atomic E-state index is 14.2. The van der Waals surface area contributed by atoms with Gasteiger partial charge in [0.25, 0.3) is 101 Å². The van der Waals surface area contributed by atoms with E-state index in [1.807, 2.05) is 0 Å². The third-order valence-corrected chi connectivity index (χ3v) is 32.7. The first kappa shape index (κ1) is 88.2. The van der Waals surface area contributed by atoms with Gasteiger partial charge in [-0.3, -0.25) is 45.5 Å². The summed E-state index contributed by atoms with van der Waals surface area (Å²) < 4.78 is 368. The second-order valence-corrected chi connectivity index (χ2v) is 45.0. The van der Waals surface area contributed by atoms with Crippen LogP contribution in [-0.2, 0) is 140 Å². The van der Waals surface area contributed by atoms with Crippen molar-refractivity contribution in [1.29, 1.82) is 0 Å². The van der Waals surface area contributed by atoms with Gasteiger partial charge in [-0.05, 0) is 206 Å². The quantitative estimate of drug-likeness (QED) is 0.0211. The minimum Gasteiger partial charge on any atom is -0.507 e. The summed E-state index contributed by atoms with van der Waals surface area (Å²) in [6.07, 6.45) is -6.10. The van der Waals surface area contributed by atoms with Crippen molar-refractivity contribution >= 4 is 138 Å². The van der Waals surface area contributed by atoms with Crippen molar-refractivity contribution in [2.24, 2.45) is 0 Å². The number of phenols is 4. The molecule has 0 unspecified atom stereocenters. The van der Waals surface area contributed by atoms with Crippen LogP contribution >= 0.6 is 15.8 Å². The molecule has 0 heterocycles. The summed E-state index contributed by atoms with van der Waals surface area (Å²) >= 11 is 0. The average molecular weight is 1830 g/mol. The highest BCUT2D eigenvalue weighted by Crippen LogP contribution is 2.48. The lowest BCUT2D eigenvalue weighted by Gasteiger charge is -2.23. The molecule has 0 aromatic heterocycles. The van der Waals surface area contributed by atoms with Crippen LogP contribution in [0.15, 0.2) is 219 Å². The largest absolute Gasteiger partial charge is 0.507 e. The summed E-state index contributed by atoms with van der Waals surface area (Å²) in [5.74, 6) is -4.80. The number of rotatable bonds is 24. The van der Waals surface area contributed by atoms with Crippen LogP contribution in [0, 0.1) is 0 Å². The van der Waals surface area contributed by atoms with E-state index in [9.17, 15) is 150 Å². The number of phenolic OH excluding ortho intramolecular Hbond substituents is 4. The SMILES string of the molecule is O=S(=O)(O)c1cccc(P(CCCc2ccc(-c3cc4c(O)c(c3S(=O)(=O)O)Cc3cc(S(=O)(=O)O)cc(c3O)Cc3cc(-c5ccc(CCCP(c6cccc(S(=O)(=O)O)c6)c6cccc(S(=O)(=O)O)c6)c(S(=O)(=O)O)c5)c(S(=O)(=O)O)c(c3O)Cc3cc(S(=O)(=O)O)cc(c3O)C4)cc2S(=O)(=O)O)c2cccc(S(=O)(=O)O)c2)c1. The fraction of sp³-hybridized carbons (Fsp3) is 0.143. The molecule has 0 atom stereocenters. The number of aryl methyl sites for hydroxylation is 2. The predicted molar refractivity (Wildman–Crippen MR) is 417 cm³/mol. The third-order valence-electron chi connectivity index (χ3n) is 18.6. The Hall–Kier alpha value is -8.64. The minimum atomic E-state index is -5.95. The van der Waals surface area contributed by atoms with E-state index in [-0.39, 0.29) is 70.4 Å². The molecule has 1 aliphatic rings. The van der Waals surface area contributed by atoms with E-state index in [1.165, 1.54) is 48.5 Å². The van der Waals surface area contributed by atoms with E-state index in [1.54, 1.807) is 0 Å². The summed E-state index contributed by atoms with van der Waals surface area (Å²) in [6, 6.07) is 28.3. The molecule has 8 bridgehead atoms. The molecule has 46 heteroatoms. The van der Waals surface area contributed by atoms with Crippen molar-refractivity contribution in [2.45, 2.75) is 100 Å².